The summed E-state index contributed by atoms with van der Waals surface area (Å²) < 4.78 is 10.7. The summed E-state index contributed by atoms with van der Waals surface area (Å²) in [6.45, 7) is 3.14. The number of methoxy groups -OCH3 is 1. The van der Waals surface area contributed by atoms with Crippen molar-refractivity contribution >= 4 is 28.5 Å². The van der Waals surface area contributed by atoms with E-state index in [2.05, 4.69) is 16.0 Å². The summed E-state index contributed by atoms with van der Waals surface area (Å²) in [5.74, 6) is 1.55. The molecule has 0 spiro atoms. The summed E-state index contributed by atoms with van der Waals surface area (Å²) in [6, 6.07) is 11.8. The first kappa shape index (κ1) is 16.1. The van der Waals surface area contributed by atoms with Gasteiger partial charge >= 0.3 is 0 Å². The average Bonchev–Trinajstić information content (AvgIpc) is 2.68. The third-order valence-corrected chi connectivity index (χ3v) is 4.66. The standard InChI is InChI=1S/C19H18ClN3O2/c1-24-18-11-14(2-4-15(18)20)13-3-5-16-17(10-13)22-19(12-21-16)23-6-8-25-9-7-23/h2-5,10-12H,6-9H2,1H3. The first-order chi connectivity index (χ1) is 12.2. The second-order valence-electron chi connectivity index (χ2n) is 5.88. The molecule has 25 heavy (non-hydrogen) atoms. The number of halogens is 1. The Labute approximate surface area is 151 Å². The molecule has 128 valence electrons. The van der Waals surface area contributed by atoms with Crippen molar-refractivity contribution in [2.75, 3.05) is 38.3 Å². The highest BCUT2D eigenvalue weighted by Crippen LogP contribution is 2.31. The molecule has 1 aliphatic rings. The van der Waals surface area contributed by atoms with Gasteiger partial charge in [-0.25, -0.2) is 4.98 Å². The third kappa shape index (κ3) is 3.25. The van der Waals surface area contributed by atoms with Crippen LogP contribution in [-0.4, -0.2) is 43.4 Å². The molecular formula is C19H18ClN3O2. The number of aromatic nitrogens is 2. The van der Waals surface area contributed by atoms with E-state index in [0.717, 1.165) is 54.3 Å². The lowest BCUT2D eigenvalue weighted by Crippen LogP contribution is -2.36. The lowest BCUT2D eigenvalue weighted by atomic mass is 10.0. The molecule has 6 heteroatoms. The number of ether oxygens (including phenoxy) is 2. The summed E-state index contributed by atoms with van der Waals surface area (Å²) >= 11 is 6.12. The van der Waals surface area contributed by atoms with Crippen LogP contribution in [0, 0.1) is 0 Å². The Hall–Kier alpha value is -2.37. The molecule has 0 bridgehead atoms. The molecule has 1 aliphatic heterocycles. The molecule has 5 nitrogen and oxygen atoms in total. The number of hydrogen-bond acceptors (Lipinski definition) is 5. The molecule has 0 unspecified atom stereocenters. The van der Waals surface area contributed by atoms with Gasteiger partial charge in [-0.2, -0.15) is 0 Å². The molecule has 3 aromatic rings. The minimum atomic E-state index is 0.599. The zero-order valence-electron chi connectivity index (χ0n) is 13.9. The molecule has 0 N–H and O–H groups in total. The summed E-state index contributed by atoms with van der Waals surface area (Å²) in [4.78, 5) is 11.5. The number of benzene rings is 2. The second kappa shape index (κ2) is 6.86. The third-order valence-electron chi connectivity index (χ3n) is 4.35. The highest BCUT2D eigenvalue weighted by molar-refractivity contribution is 6.32. The molecule has 0 saturated carbocycles. The van der Waals surface area contributed by atoms with Gasteiger partial charge in [0, 0.05) is 13.1 Å². The molecule has 1 aromatic heterocycles. The molecule has 1 saturated heterocycles. The fourth-order valence-electron chi connectivity index (χ4n) is 2.97. The van der Waals surface area contributed by atoms with Gasteiger partial charge in [-0.3, -0.25) is 4.98 Å². The lowest BCUT2D eigenvalue weighted by molar-refractivity contribution is 0.122. The summed E-state index contributed by atoms with van der Waals surface area (Å²) in [5.41, 5.74) is 3.83. The Morgan fingerprint density at radius 1 is 1.04 bits per heavy atom. The summed E-state index contributed by atoms with van der Waals surface area (Å²) in [5, 5.41) is 0.599. The van der Waals surface area contributed by atoms with E-state index < -0.39 is 0 Å². The van der Waals surface area contributed by atoms with E-state index in [0.29, 0.717) is 10.8 Å². The van der Waals surface area contributed by atoms with Crippen molar-refractivity contribution in [1.29, 1.82) is 0 Å². The normalized spacial score (nSPS) is 14.7. The van der Waals surface area contributed by atoms with Gasteiger partial charge in [0.15, 0.2) is 0 Å². The van der Waals surface area contributed by atoms with E-state index in [1.807, 2.05) is 36.5 Å². The number of fused-ring (bicyclic) bond motifs is 1. The fraction of sp³-hybridized carbons (Fsp3) is 0.263. The van der Waals surface area contributed by atoms with Crippen LogP contribution < -0.4 is 9.64 Å². The van der Waals surface area contributed by atoms with Crippen molar-refractivity contribution in [3.8, 4) is 16.9 Å². The Morgan fingerprint density at radius 2 is 1.80 bits per heavy atom. The van der Waals surface area contributed by atoms with Crippen LogP contribution in [0.25, 0.3) is 22.2 Å². The zero-order valence-corrected chi connectivity index (χ0v) is 14.7. The molecule has 2 aromatic carbocycles. The molecular weight excluding hydrogens is 338 g/mol. The average molecular weight is 356 g/mol. The number of morpholine rings is 1. The molecule has 1 fully saturated rings. The van der Waals surface area contributed by atoms with E-state index in [-0.39, 0.29) is 0 Å². The van der Waals surface area contributed by atoms with Gasteiger partial charge in [0.1, 0.15) is 11.6 Å². The monoisotopic (exact) mass is 355 g/mol. The minimum Gasteiger partial charge on any atom is -0.495 e. The first-order valence-electron chi connectivity index (χ1n) is 8.18. The van der Waals surface area contributed by atoms with E-state index in [4.69, 9.17) is 26.1 Å². The fourth-order valence-corrected chi connectivity index (χ4v) is 3.16. The van der Waals surface area contributed by atoms with Crippen molar-refractivity contribution in [3.63, 3.8) is 0 Å². The lowest BCUT2D eigenvalue weighted by Gasteiger charge is -2.27. The SMILES string of the molecule is COc1cc(-c2ccc3ncc(N4CCOCC4)nc3c2)ccc1Cl. The van der Waals surface area contributed by atoms with E-state index in [1.165, 1.54) is 0 Å². The number of anilines is 1. The number of hydrogen-bond donors (Lipinski definition) is 0. The van der Waals surface area contributed by atoms with Crippen molar-refractivity contribution in [2.45, 2.75) is 0 Å². The summed E-state index contributed by atoms with van der Waals surface area (Å²) in [6.07, 6.45) is 1.83. The zero-order chi connectivity index (χ0) is 17.2. The summed E-state index contributed by atoms with van der Waals surface area (Å²) in [7, 11) is 1.62. The molecule has 4 rings (SSSR count). The quantitative estimate of drug-likeness (QED) is 0.715. The minimum absolute atomic E-state index is 0.599. The van der Waals surface area contributed by atoms with Crippen LogP contribution in [0.15, 0.2) is 42.6 Å². The van der Waals surface area contributed by atoms with Gasteiger partial charge in [-0.05, 0) is 35.4 Å². The number of nitrogens with zero attached hydrogens (tertiary/aromatic N) is 3. The molecule has 0 radical (unpaired) electrons. The predicted molar refractivity (Wildman–Crippen MR) is 99.6 cm³/mol. The Kier molecular flexibility index (Phi) is 4.42. The van der Waals surface area contributed by atoms with Crippen LogP contribution in [0.1, 0.15) is 0 Å². The predicted octanol–water partition coefficient (Wildman–Crippen LogP) is 3.80. The van der Waals surface area contributed by atoms with Gasteiger partial charge < -0.3 is 14.4 Å². The number of rotatable bonds is 3. The highest BCUT2D eigenvalue weighted by atomic mass is 35.5. The van der Waals surface area contributed by atoms with Gasteiger partial charge in [0.25, 0.3) is 0 Å². The maximum absolute atomic E-state index is 6.12. The molecule has 0 aliphatic carbocycles. The van der Waals surface area contributed by atoms with Gasteiger partial charge in [-0.1, -0.05) is 23.7 Å². The molecule has 0 atom stereocenters. The van der Waals surface area contributed by atoms with E-state index in [1.54, 1.807) is 7.11 Å². The second-order valence-corrected chi connectivity index (χ2v) is 6.29. The maximum atomic E-state index is 6.12. The largest absolute Gasteiger partial charge is 0.495 e. The maximum Gasteiger partial charge on any atom is 0.148 e. The first-order valence-corrected chi connectivity index (χ1v) is 8.56. The van der Waals surface area contributed by atoms with Crippen molar-refractivity contribution in [1.82, 2.24) is 9.97 Å². The molecule has 0 amide bonds. The molecule has 2 heterocycles. The van der Waals surface area contributed by atoms with Crippen molar-refractivity contribution in [3.05, 3.63) is 47.6 Å². The highest BCUT2D eigenvalue weighted by Gasteiger charge is 2.13. The van der Waals surface area contributed by atoms with Crippen LogP contribution in [0.5, 0.6) is 5.75 Å². The Bertz CT molecular complexity index is 910. The van der Waals surface area contributed by atoms with Crippen molar-refractivity contribution < 1.29 is 9.47 Å². The van der Waals surface area contributed by atoms with Crippen LogP contribution in [0.2, 0.25) is 5.02 Å². The van der Waals surface area contributed by atoms with Crippen LogP contribution in [0.3, 0.4) is 0 Å². The van der Waals surface area contributed by atoms with Gasteiger partial charge in [-0.15, -0.1) is 0 Å². The van der Waals surface area contributed by atoms with Crippen molar-refractivity contribution in [2.24, 2.45) is 0 Å². The van der Waals surface area contributed by atoms with Gasteiger partial charge in [0.05, 0.1) is 42.6 Å². The van der Waals surface area contributed by atoms with Crippen LogP contribution in [-0.2, 0) is 4.74 Å². The Balaban J connectivity index is 1.73. The topological polar surface area (TPSA) is 47.5 Å². The van der Waals surface area contributed by atoms with Crippen LogP contribution in [0.4, 0.5) is 5.82 Å². The van der Waals surface area contributed by atoms with E-state index in [9.17, 15) is 0 Å². The smallest absolute Gasteiger partial charge is 0.148 e. The van der Waals surface area contributed by atoms with E-state index >= 15 is 0 Å². The van der Waals surface area contributed by atoms with Gasteiger partial charge in [0.2, 0.25) is 0 Å². The Morgan fingerprint density at radius 3 is 2.60 bits per heavy atom. The van der Waals surface area contributed by atoms with Crippen LogP contribution >= 0.6 is 11.6 Å².